The summed E-state index contributed by atoms with van der Waals surface area (Å²) in [6.07, 6.45) is 3.50. The maximum absolute atomic E-state index is 12.4. The summed E-state index contributed by atoms with van der Waals surface area (Å²) in [5.74, 6) is -0.883. The number of rotatable bonds is 4. The highest BCUT2D eigenvalue weighted by Crippen LogP contribution is 2.32. The molecule has 1 fully saturated rings. The van der Waals surface area contributed by atoms with Crippen LogP contribution < -0.4 is 5.32 Å². The highest BCUT2D eigenvalue weighted by Gasteiger charge is 2.36. The summed E-state index contributed by atoms with van der Waals surface area (Å²) >= 11 is 4.15. The van der Waals surface area contributed by atoms with Crippen LogP contribution in [0.5, 0.6) is 0 Å². The molecule has 1 saturated heterocycles. The minimum atomic E-state index is -0.456. The Morgan fingerprint density at radius 2 is 1.96 bits per heavy atom. The molecule has 6 nitrogen and oxygen atoms in total. The van der Waals surface area contributed by atoms with Crippen molar-refractivity contribution >= 4 is 56.5 Å². The predicted octanol–water partition coefficient (Wildman–Crippen LogP) is 3.46. The second-order valence-corrected chi connectivity index (χ2v) is 7.28. The van der Waals surface area contributed by atoms with Crippen LogP contribution in [0, 0.1) is 0 Å². The minimum Gasteiger partial charge on any atom is -0.351 e. The fourth-order valence-electron chi connectivity index (χ4n) is 2.27. The molecule has 0 atom stereocenters. The van der Waals surface area contributed by atoms with Crippen LogP contribution in [0.1, 0.15) is 5.69 Å². The highest BCUT2D eigenvalue weighted by atomic mass is 79.9. The molecule has 3 rings (SSSR count). The topological polar surface area (TPSA) is 71.4 Å². The van der Waals surface area contributed by atoms with Crippen molar-refractivity contribution in [1.82, 2.24) is 9.47 Å². The van der Waals surface area contributed by atoms with Gasteiger partial charge in [-0.05, 0) is 54.2 Å². The van der Waals surface area contributed by atoms with Crippen LogP contribution in [-0.2, 0) is 16.6 Å². The summed E-state index contributed by atoms with van der Waals surface area (Å²) in [6.45, 7) is -0.314. The maximum atomic E-state index is 12.4. The standard InChI is InChI=1S/C17H14BrN3O3S/c1-20-8-2-3-13(20)9-14-16(23)21(17(24)25-14)10-15(22)19-12-6-4-11(18)5-7-12/h2-9H,10H2,1H3,(H,19,22)/b14-9-. The van der Waals surface area contributed by atoms with Gasteiger partial charge in [0.15, 0.2) is 0 Å². The van der Waals surface area contributed by atoms with Crippen LogP contribution >= 0.6 is 27.7 Å². The van der Waals surface area contributed by atoms with Crippen molar-refractivity contribution in [3.63, 3.8) is 0 Å². The van der Waals surface area contributed by atoms with Gasteiger partial charge in [0.1, 0.15) is 6.54 Å². The normalized spacial score (nSPS) is 15.9. The van der Waals surface area contributed by atoms with Crippen molar-refractivity contribution in [3.8, 4) is 0 Å². The van der Waals surface area contributed by atoms with Crippen molar-refractivity contribution in [1.29, 1.82) is 0 Å². The second kappa shape index (κ2) is 7.28. The van der Waals surface area contributed by atoms with E-state index in [4.69, 9.17) is 0 Å². The average Bonchev–Trinajstić information content (AvgIpc) is 3.08. The van der Waals surface area contributed by atoms with Crippen LogP contribution in [0.2, 0.25) is 0 Å². The Morgan fingerprint density at radius 1 is 1.24 bits per heavy atom. The first kappa shape index (κ1) is 17.5. The molecule has 1 N–H and O–H groups in total. The van der Waals surface area contributed by atoms with Crippen LogP contribution in [0.25, 0.3) is 6.08 Å². The molecule has 1 aliphatic rings. The molecule has 128 valence electrons. The highest BCUT2D eigenvalue weighted by molar-refractivity contribution is 9.10. The van der Waals surface area contributed by atoms with Gasteiger partial charge in [0.2, 0.25) is 5.91 Å². The number of nitrogens with zero attached hydrogens (tertiary/aromatic N) is 2. The van der Waals surface area contributed by atoms with Crippen LogP contribution in [0.15, 0.2) is 52.0 Å². The second-order valence-electron chi connectivity index (χ2n) is 5.37. The number of anilines is 1. The number of benzene rings is 1. The summed E-state index contributed by atoms with van der Waals surface area (Å²) in [4.78, 5) is 37.9. The van der Waals surface area contributed by atoms with Crippen molar-refractivity contribution in [3.05, 3.63) is 57.7 Å². The molecule has 0 aliphatic carbocycles. The zero-order valence-corrected chi connectivity index (χ0v) is 15.6. The van der Waals surface area contributed by atoms with E-state index in [0.29, 0.717) is 10.6 Å². The number of amides is 3. The average molecular weight is 420 g/mol. The third-order valence-electron chi connectivity index (χ3n) is 3.57. The van der Waals surface area contributed by atoms with Crippen molar-refractivity contribution in [2.75, 3.05) is 11.9 Å². The molecule has 1 aromatic heterocycles. The van der Waals surface area contributed by atoms with Gasteiger partial charge in [-0.15, -0.1) is 0 Å². The molecule has 2 aromatic rings. The van der Waals surface area contributed by atoms with Gasteiger partial charge in [-0.25, -0.2) is 0 Å². The van der Waals surface area contributed by atoms with Gasteiger partial charge < -0.3 is 9.88 Å². The predicted molar refractivity (Wildman–Crippen MR) is 101 cm³/mol. The number of hydrogen-bond donors (Lipinski definition) is 1. The van der Waals surface area contributed by atoms with E-state index in [1.54, 1.807) is 30.3 Å². The monoisotopic (exact) mass is 419 g/mol. The summed E-state index contributed by atoms with van der Waals surface area (Å²) in [5, 5.41) is 2.22. The molecule has 0 unspecified atom stereocenters. The Kier molecular flexibility index (Phi) is 5.10. The van der Waals surface area contributed by atoms with Gasteiger partial charge in [-0.2, -0.15) is 0 Å². The molecule has 0 radical (unpaired) electrons. The molecule has 0 saturated carbocycles. The first-order valence-corrected chi connectivity index (χ1v) is 8.97. The molecule has 8 heteroatoms. The van der Waals surface area contributed by atoms with E-state index in [-0.39, 0.29) is 6.54 Å². The number of halogens is 1. The molecular formula is C17H14BrN3O3S. The number of aromatic nitrogens is 1. The summed E-state index contributed by atoms with van der Waals surface area (Å²) in [6, 6.07) is 10.7. The van der Waals surface area contributed by atoms with Gasteiger partial charge >= 0.3 is 0 Å². The van der Waals surface area contributed by atoms with Crippen molar-refractivity contribution in [2.24, 2.45) is 7.05 Å². The van der Waals surface area contributed by atoms with E-state index >= 15 is 0 Å². The Hall–Kier alpha value is -2.32. The molecule has 1 aliphatic heterocycles. The number of carbonyl (C=O) groups excluding carboxylic acids is 3. The first-order chi connectivity index (χ1) is 11.9. The van der Waals surface area contributed by atoms with Gasteiger partial charge in [0.05, 0.1) is 4.91 Å². The fourth-order valence-corrected chi connectivity index (χ4v) is 3.36. The molecular weight excluding hydrogens is 406 g/mol. The molecule has 0 bridgehead atoms. The quantitative estimate of drug-likeness (QED) is 0.770. The molecule has 2 heterocycles. The lowest BCUT2D eigenvalue weighted by molar-refractivity contribution is -0.127. The molecule has 1 aromatic carbocycles. The first-order valence-electron chi connectivity index (χ1n) is 7.36. The Balaban J connectivity index is 1.68. The Morgan fingerprint density at radius 3 is 2.60 bits per heavy atom. The van der Waals surface area contributed by atoms with E-state index in [1.807, 2.05) is 29.9 Å². The van der Waals surface area contributed by atoms with Crippen LogP contribution in [0.4, 0.5) is 10.5 Å². The summed E-state index contributed by atoms with van der Waals surface area (Å²) < 4.78 is 2.73. The van der Waals surface area contributed by atoms with E-state index in [9.17, 15) is 14.4 Å². The third kappa shape index (κ3) is 4.02. The number of thioether (sulfide) groups is 1. The van der Waals surface area contributed by atoms with Crippen molar-refractivity contribution < 1.29 is 14.4 Å². The van der Waals surface area contributed by atoms with E-state index < -0.39 is 17.1 Å². The Bertz CT molecular complexity index is 874. The smallest absolute Gasteiger partial charge is 0.294 e. The SMILES string of the molecule is Cn1cccc1/C=C1\SC(=O)N(CC(=O)Nc2ccc(Br)cc2)C1=O. The molecule has 3 amide bonds. The van der Waals surface area contributed by atoms with Crippen LogP contribution in [-0.4, -0.2) is 33.1 Å². The Labute approximate surface area is 157 Å². The number of aryl methyl sites for hydroxylation is 1. The lowest BCUT2D eigenvalue weighted by Gasteiger charge is -2.12. The van der Waals surface area contributed by atoms with E-state index in [2.05, 4.69) is 21.2 Å². The van der Waals surface area contributed by atoms with Crippen molar-refractivity contribution in [2.45, 2.75) is 0 Å². The zero-order valence-electron chi connectivity index (χ0n) is 13.2. The van der Waals surface area contributed by atoms with Gasteiger partial charge in [-0.3, -0.25) is 19.3 Å². The van der Waals surface area contributed by atoms with Gasteiger partial charge in [0.25, 0.3) is 11.1 Å². The minimum absolute atomic E-state index is 0.309. The lowest BCUT2D eigenvalue weighted by atomic mass is 10.3. The molecule has 0 spiro atoms. The zero-order chi connectivity index (χ0) is 18.0. The fraction of sp³-hybridized carbons (Fsp3) is 0.118. The number of hydrogen-bond acceptors (Lipinski definition) is 4. The van der Waals surface area contributed by atoms with Gasteiger partial charge in [-0.1, -0.05) is 15.9 Å². The van der Waals surface area contributed by atoms with E-state index in [1.165, 1.54) is 0 Å². The summed E-state index contributed by atoms with van der Waals surface area (Å²) in [7, 11) is 1.85. The number of carbonyl (C=O) groups is 3. The maximum Gasteiger partial charge on any atom is 0.294 e. The molecule has 25 heavy (non-hydrogen) atoms. The van der Waals surface area contributed by atoms with E-state index in [0.717, 1.165) is 26.8 Å². The largest absolute Gasteiger partial charge is 0.351 e. The van der Waals surface area contributed by atoms with Crippen LogP contribution in [0.3, 0.4) is 0 Å². The van der Waals surface area contributed by atoms with Gasteiger partial charge in [0, 0.05) is 29.1 Å². The number of nitrogens with one attached hydrogen (secondary N) is 1. The third-order valence-corrected chi connectivity index (χ3v) is 5.00. The lowest BCUT2D eigenvalue weighted by Crippen LogP contribution is -2.36. The number of imide groups is 1. The summed E-state index contributed by atoms with van der Waals surface area (Å²) in [5.41, 5.74) is 1.41.